The highest BCUT2D eigenvalue weighted by molar-refractivity contribution is 5.94. The molecule has 0 aliphatic carbocycles. The van der Waals surface area contributed by atoms with Crippen LogP contribution in [0.5, 0.6) is 5.75 Å². The maximum atomic E-state index is 13.3. The molecule has 0 fully saturated rings. The van der Waals surface area contributed by atoms with Crippen LogP contribution >= 0.6 is 0 Å². The van der Waals surface area contributed by atoms with E-state index < -0.39 is 28.4 Å². The molecule has 1 atom stereocenters. The predicted molar refractivity (Wildman–Crippen MR) is 83.0 cm³/mol. The van der Waals surface area contributed by atoms with Crippen LogP contribution in [0, 0.1) is 22.9 Å². The Balaban J connectivity index is 2.04. The van der Waals surface area contributed by atoms with Crippen LogP contribution in [-0.4, -0.2) is 16.9 Å². The molecule has 2 aromatic rings. The Morgan fingerprint density at radius 3 is 2.52 bits per heavy atom. The van der Waals surface area contributed by atoms with E-state index in [4.69, 9.17) is 4.74 Å². The molecule has 7 heteroatoms. The lowest BCUT2D eigenvalue weighted by Gasteiger charge is -2.15. The van der Waals surface area contributed by atoms with Gasteiger partial charge < -0.3 is 10.1 Å². The van der Waals surface area contributed by atoms with Crippen LogP contribution in [0.3, 0.4) is 0 Å². The van der Waals surface area contributed by atoms with Crippen molar-refractivity contribution in [2.45, 2.75) is 20.0 Å². The van der Waals surface area contributed by atoms with E-state index >= 15 is 0 Å². The minimum atomic E-state index is -0.961. The molecule has 0 aromatic heterocycles. The maximum Gasteiger partial charge on any atom is 0.306 e. The van der Waals surface area contributed by atoms with Gasteiger partial charge in [-0.1, -0.05) is 17.7 Å². The van der Waals surface area contributed by atoms with Crippen LogP contribution in [0.15, 0.2) is 42.5 Å². The molecule has 6 nitrogen and oxygen atoms in total. The van der Waals surface area contributed by atoms with Gasteiger partial charge in [0.15, 0.2) is 6.10 Å². The Morgan fingerprint density at radius 2 is 1.91 bits per heavy atom. The van der Waals surface area contributed by atoms with Gasteiger partial charge in [-0.3, -0.25) is 14.9 Å². The van der Waals surface area contributed by atoms with Crippen molar-refractivity contribution in [1.29, 1.82) is 0 Å². The maximum absolute atomic E-state index is 13.3. The fourth-order valence-corrected chi connectivity index (χ4v) is 1.85. The second kappa shape index (κ2) is 6.87. The lowest BCUT2D eigenvalue weighted by molar-refractivity contribution is -0.387. The molecule has 2 rings (SSSR count). The Morgan fingerprint density at radius 1 is 1.26 bits per heavy atom. The topological polar surface area (TPSA) is 81.5 Å². The molecular formula is C16H15FN2O4. The monoisotopic (exact) mass is 318 g/mol. The average Bonchev–Trinajstić information content (AvgIpc) is 2.51. The third-order valence-electron chi connectivity index (χ3n) is 3.11. The second-order valence-electron chi connectivity index (χ2n) is 4.99. The number of aryl methyl sites for hydroxylation is 1. The van der Waals surface area contributed by atoms with E-state index in [-0.39, 0.29) is 5.69 Å². The number of benzene rings is 2. The Kier molecular flexibility index (Phi) is 4.90. The van der Waals surface area contributed by atoms with E-state index in [0.717, 1.165) is 17.7 Å². The number of halogens is 1. The Bertz CT molecular complexity index is 731. The van der Waals surface area contributed by atoms with Crippen molar-refractivity contribution in [3.8, 4) is 5.75 Å². The molecule has 0 bridgehead atoms. The van der Waals surface area contributed by atoms with Crippen molar-refractivity contribution in [1.82, 2.24) is 0 Å². The van der Waals surface area contributed by atoms with E-state index in [2.05, 4.69) is 5.32 Å². The van der Waals surface area contributed by atoms with Crippen molar-refractivity contribution >= 4 is 17.3 Å². The number of rotatable bonds is 5. The standard InChI is InChI=1S/C16H15FN2O4/c1-10-3-6-13(7-4-10)23-11(2)16(20)18-12-5-8-14(17)15(9-12)19(21)22/h3-9,11H,1-2H3,(H,18,20). The highest BCUT2D eigenvalue weighted by Crippen LogP contribution is 2.22. The SMILES string of the molecule is Cc1ccc(OC(C)C(=O)Nc2ccc(F)c([N+](=O)[O-])c2)cc1. The molecule has 0 aliphatic rings. The van der Waals surface area contributed by atoms with E-state index in [0.29, 0.717) is 5.75 Å². The van der Waals surface area contributed by atoms with Gasteiger partial charge in [-0.2, -0.15) is 4.39 Å². The van der Waals surface area contributed by atoms with E-state index in [9.17, 15) is 19.3 Å². The van der Waals surface area contributed by atoms with Gasteiger partial charge >= 0.3 is 5.69 Å². The first-order valence-electron chi connectivity index (χ1n) is 6.85. The number of anilines is 1. The third kappa shape index (κ3) is 4.26. The van der Waals surface area contributed by atoms with E-state index in [1.807, 2.05) is 19.1 Å². The van der Waals surface area contributed by atoms with Crippen LogP contribution in [0.25, 0.3) is 0 Å². The lowest BCUT2D eigenvalue weighted by Crippen LogP contribution is -2.30. The van der Waals surface area contributed by atoms with Crippen LogP contribution in [-0.2, 0) is 4.79 Å². The van der Waals surface area contributed by atoms with Crippen LogP contribution in [0.4, 0.5) is 15.8 Å². The zero-order valence-electron chi connectivity index (χ0n) is 12.6. The minimum Gasteiger partial charge on any atom is -0.481 e. The summed E-state index contributed by atoms with van der Waals surface area (Å²) in [7, 11) is 0. The van der Waals surface area contributed by atoms with E-state index in [1.54, 1.807) is 19.1 Å². The average molecular weight is 318 g/mol. The molecule has 23 heavy (non-hydrogen) atoms. The summed E-state index contributed by atoms with van der Waals surface area (Å²) in [5, 5.41) is 13.2. The number of nitrogens with zero attached hydrogens (tertiary/aromatic N) is 1. The smallest absolute Gasteiger partial charge is 0.306 e. The van der Waals surface area contributed by atoms with Gasteiger partial charge in [-0.15, -0.1) is 0 Å². The molecule has 0 saturated heterocycles. The van der Waals surface area contributed by atoms with Crippen molar-refractivity contribution < 1.29 is 18.8 Å². The van der Waals surface area contributed by atoms with Crippen LogP contribution in [0.2, 0.25) is 0 Å². The summed E-state index contributed by atoms with van der Waals surface area (Å²) < 4.78 is 18.7. The molecule has 120 valence electrons. The van der Waals surface area contributed by atoms with Crippen molar-refractivity contribution in [3.05, 3.63) is 64.0 Å². The minimum absolute atomic E-state index is 0.127. The first-order valence-corrected chi connectivity index (χ1v) is 6.85. The van der Waals surface area contributed by atoms with Gasteiger partial charge in [0.25, 0.3) is 5.91 Å². The highest BCUT2D eigenvalue weighted by Gasteiger charge is 2.18. The van der Waals surface area contributed by atoms with Gasteiger partial charge in [-0.25, -0.2) is 0 Å². The normalized spacial score (nSPS) is 11.6. The summed E-state index contributed by atoms with van der Waals surface area (Å²) in [5.74, 6) is -0.924. The molecule has 0 saturated carbocycles. The molecule has 0 heterocycles. The third-order valence-corrected chi connectivity index (χ3v) is 3.11. The molecule has 0 aliphatic heterocycles. The number of ether oxygens (including phenoxy) is 1. The molecule has 0 spiro atoms. The van der Waals surface area contributed by atoms with Gasteiger partial charge in [0, 0.05) is 11.8 Å². The van der Waals surface area contributed by atoms with Gasteiger partial charge in [0.1, 0.15) is 5.75 Å². The van der Waals surface area contributed by atoms with Gasteiger partial charge in [0.2, 0.25) is 5.82 Å². The fraction of sp³-hybridized carbons (Fsp3) is 0.188. The second-order valence-corrected chi connectivity index (χ2v) is 4.99. The quantitative estimate of drug-likeness (QED) is 0.676. The zero-order valence-corrected chi connectivity index (χ0v) is 12.6. The molecule has 1 N–H and O–H groups in total. The number of nitro benzene ring substituents is 1. The Hall–Kier alpha value is -2.96. The van der Waals surface area contributed by atoms with Crippen molar-refractivity contribution in [2.24, 2.45) is 0 Å². The summed E-state index contributed by atoms with van der Waals surface area (Å²) in [6.45, 7) is 3.48. The zero-order chi connectivity index (χ0) is 17.0. The van der Waals surface area contributed by atoms with Crippen LogP contribution < -0.4 is 10.1 Å². The summed E-state index contributed by atoms with van der Waals surface area (Å²) in [4.78, 5) is 21.9. The summed E-state index contributed by atoms with van der Waals surface area (Å²) in [6.07, 6.45) is -0.818. The van der Waals surface area contributed by atoms with Crippen LogP contribution in [0.1, 0.15) is 12.5 Å². The molecule has 2 aromatic carbocycles. The Labute approximate surface area is 132 Å². The fourth-order valence-electron chi connectivity index (χ4n) is 1.85. The number of nitro groups is 1. The van der Waals surface area contributed by atoms with Crippen molar-refractivity contribution in [2.75, 3.05) is 5.32 Å². The first kappa shape index (κ1) is 16.4. The number of hydrogen-bond acceptors (Lipinski definition) is 4. The number of hydrogen-bond donors (Lipinski definition) is 1. The predicted octanol–water partition coefficient (Wildman–Crippen LogP) is 3.45. The van der Waals surface area contributed by atoms with Gasteiger partial charge in [-0.05, 0) is 38.1 Å². The molecule has 1 unspecified atom stereocenters. The largest absolute Gasteiger partial charge is 0.481 e. The molecule has 1 amide bonds. The first-order chi connectivity index (χ1) is 10.9. The van der Waals surface area contributed by atoms with Gasteiger partial charge in [0.05, 0.1) is 4.92 Å². The highest BCUT2D eigenvalue weighted by atomic mass is 19.1. The summed E-state index contributed by atoms with van der Waals surface area (Å²) >= 11 is 0. The number of carbonyl (C=O) groups is 1. The van der Waals surface area contributed by atoms with Crippen molar-refractivity contribution in [3.63, 3.8) is 0 Å². The summed E-state index contributed by atoms with van der Waals surface area (Å²) in [5.41, 5.74) is 0.491. The number of nitrogens with one attached hydrogen (secondary N) is 1. The van der Waals surface area contributed by atoms with E-state index in [1.165, 1.54) is 6.07 Å². The number of amides is 1. The molecular weight excluding hydrogens is 303 g/mol. The molecule has 0 radical (unpaired) electrons. The lowest BCUT2D eigenvalue weighted by atomic mass is 10.2. The number of carbonyl (C=O) groups excluding carboxylic acids is 1. The summed E-state index contributed by atoms with van der Waals surface area (Å²) in [6, 6.07) is 10.3.